The smallest absolute Gasteiger partial charge is 0.0629 e. The van der Waals surface area contributed by atoms with E-state index in [4.69, 9.17) is 5.73 Å². The molecule has 0 aliphatic rings. The second-order valence-electron chi connectivity index (χ2n) is 4.83. The third kappa shape index (κ3) is 3.37. The highest BCUT2D eigenvalue weighted by Gasteiger charge is 1.97. The molecule has 0 bridgehead atoms. The molecule has 0 aliphatic heterocycles. The number of hydrogen-bond donors (Lipinski definition) is 1. The van der Waals surface area contributed by atoms with Gasteiger partial charge in [-0.1, -0.05) is 48.5 Å². The van der Waals surface area contributed by atoms with Crippen LogP contribution < -0.4 is 5.73 Å². The summed E-state index contributed by atoms with van der Waals surface area (Å²) in [6.07, 6.45) is 5.87. The number of pyridine rings is 1. The first-order chi connectivity index (χ1) is 10.3. The molecule has 102 valence electrons. The fraction of sp³-hybridized carbons (Fsp3) is 0. The van der Waals surface area contributed by atoms with Crippen molar-refractivity contribution in [3.63, 3.8) is 0 Å². The van der Waals surface area contributed by atoms with Crippen molar-refractivity contribution in [2.24, 2.45) is 0 Å². The molecular weight excluding hydrogens is 256 g/mol. The van der Waals surface area contributed by atoms with Crippen molar-refractivity contribution < 1.29 is 0 Å². The maximum absolute atomic E-state index is 5.71. The molecule has 0 fully saturated rings. The van der Waals surface area contributed by atoms with Crippen molar-refractivity contribution in [1.82, 2.24) is 4.98 Å². The minimum atomic E-state index is 0.786. The van der Waals surface area contributed by atoms with Crippen LogP contribution in [0.5, 0.6) is 0 Å². The average Bonchev–Trinajstić information content (AvgIpc) is 2.55. The third-order valence-corrected chi connectivity index (χ3v) is 3.29. The molecule has 1 aromatic heterocycles. The van der Waals surface area contributed by atoms with E-state index in [1.807, 2.05) is 48.5 Å². The van der Waals surface area contributed by atoms with Crippen LogP contribution in [0.4, 0.5) is 5.69 Å². The molecule has 2 aromatic carbocycles. The van der Waals surface area contributed by atoms with Gasteiger partial charge in [0.05, 0.1) is 5.69 Å². The first kappa shape index (κ1) is 13.1. The zero-order chi connectivity index (χ0) is 14.5. The maximum atomic E-state index is 5.71. The van der Waals surface area contributed by atoms with E-state index in [1.54, 1.807) is 6.20 Å². The minimum absolute atomic E-state index is 0.786. The molecule has 0 unspecified atom stereocenters. The highest BCUT2D eigenvalue weighted by molar-refractivity contribution is 5.71. The van der Waals surface area contributed by atoms with Gasteiger partial charge in [0.1, 0.15) is 0 Å². The minimum Gasteiger partial charge on any atom is -0.399 e. The molecule has 0 saturated heterocycles. The molecule has 0 spiro atoms. The number of rotatable bonds is 3. The Labute approximate surface area is 124 Å². The lowest BCUT2D eigenvalue weighted by atomic mass is 10.0. The molecular formula is C19H16N2. The van der Waals surface area contributed by atoms with Gasteiger partial charge < -0.3 is 5.73 Å². The Balaban J connectivity index is 1.78. The van der Waals surface area contributed by atoms with E-state index in [0.29, 0.717) is 0 Å². The van der Waals surface area contributed by atoms with E-state index < -0.39 is 0 Å². The van der Waals surface area contributed by atoms with Crippen LogP contribution >= 0.6 is 0 Å². The third-order valence-electron chi connectivity index (χ3n) is 3.29. The molecule has 3 aromatic rings. The molecule has 21 heavy (non-hydrogen) atoms. The molecule has 2 heteroatoms. The average molecular weight is 272 g/mol. The summed E-state index contributed by atoms with van der Waals surface area (Å²) in [4.78, 5) is 4.27. The van der Waals surface area contributed by atoms with Crippen LogP contribution in [0, 0.1) is 0 Å². The van der Waals surface area contributed by atoms with Crippen molar-refractivity contribution >= 4 is 17.8 Å². The summed E-state index contributed by atoms with van der Waals surface area (Å²) in [5, 5.41) is 0. The lowest BCUT2D eigenvalue weighted by Gasteiger charge is -2.03. The first-order valence-electron chi connectivity index (χ1n) is 6.86. The number of benzene rings is 2. The quantitative estimate of drug-likeness (QED) is 0.713. The van der Waals surface area contributed by atoms with E-state index in [9.17, 15) is 0 Å². The standard InChI is InChI=1S/C19H16N2/c20-18-11-9-17(10-12-18)16-7-4-15(5-8-16)6-13-19-3-1-2-14-21-19/h1-14H,20H2/b13-6+. The first-order valence-corrected chi connectivity index (χ1v) is 6.86. The Hall–Kier alpha value is -2.87. The van der Waals surface area contributed by atoms with Gasteiger partial charge in [-0.25, -0.2) is 0 Å². The van der Waals surface area contributed by atoms with Crippen molar-refractivity contribution in [2.75, 3.05) is 5.73 Å². The van der Waals surface area contributed by atoms with Gasteiger partial charge in [0, 0.05) is 11.9 Å². The molecule has 0 aliphatic carbocycles. The zero-order valence-corrected chi connectivity index (χ0v) is 11.6. The summed E-state index contributed by atoms with van der Waals surface area (Å²) >= 11 is 0. The van der Waals surface area contributed by atoms with Crippen molar-refractivity contribution in [3.8, 4) is 11.1 Å². The Bertz CT molecular complexity index is 727. The van der Waals surface area contributed by atoms with Gasteiger partial charge in [-0.15, -0.1) is 0 Å². The SMILES string of the molecule is Nc1ccc(-c2ccc(/C=C/c3ccccn3)cc2)cc1. The topological polar surface area (TPSA) is 38.9 Å². The highest BCUT2D eigenvalue weighted by atomic mass is 14.6. The summed E-state index contributed by atoms with van der Waals surface area (Å²) in [5.41, 5.74) is 11.0. The van der Waals surface area contributed by atoms with Gasteiger partial charge in [-0.2, -0.15) is 0 Å². The number of nitrogens with zero attached hydrogens (tertiary/aromatic N) is 1. The summed E-state index contributed by atoms with van der Waals surface area (Å²) in [7, 11) is 0. The monoisotopic (exact) mass is 272 g/mol. The molecule has 0 atom stereocenters. The lowest BCUT2D eigenvalue weighted by molar-refractivity contribution is 1.30. The van der Waals surface area contributed by atoms with Crippen LogP contribution in [0.1, 0.15) is 11.3 Å². The van der Waals surface area contributed by atoms with Crippen molar-refractivity contribution in [2.45, 2.75) is 0 Å². The van der Waals surface area contributed by atoms with Gasteiger partial charge in [0.15, 0.2) is 0 Å². The van der Waals surface area contributed by atoms with Gasteiger partial charge >= 0.3 is 0 Å². The summed E-state index contributed by atoms with van der Waals surface area (Å²) < 4.78 is 0. The number of nitrogens with two attached hydrogens (primary N) is 1. The van der Waals surface area contributed by atoms with Gasteiger partial charge in [-0.3, -0.25) is 4.98 Å². The second kappa shape index (κ2) is 6.06. The lowest BCUT2D eigenvalue weighted by Crippen LogP contribution is -1.84. The summed E-state index contributed by atoms with van der Waals surface area (Å²) in [6.45, 7) is 0. The van der Waals surface area contributed by atoms with Crippen LogP contribution in [0.25, 0.3) is 23.3 Å². The number of hydrogen-bond acceptors (Lipinski definition) is 2. The number of nitrogen functional groups attached to an aromatic ring is 1. The van der Waals surface area contributed by atoms with Crippen molar-refractivity contribution in [1.29, 1.82) is 0 Å². The van der Waals surface area contributed by atoms with E-state index in [0.717, 1.165) is 16.9 Å². The zero-order valence-electron chi connectivity index (χ0n) is 11.6. The molecule has 0 amide bonds. The van der Waals surface area contributed by atoms with Gasteiger partial charge in [-0.05, 0) is 47.0 Å². The van der Waals surface area contributed by atoms with Gasteiger partial charge in [0.2, 0.25) is 0 Å². The largest absolute Gasteiger partial charge is 0.399 e. The fourth-order valence-electron chi connectivity index (χ4n) is 2.12. The molecule has 0 radical (unpaired) electrons. The normalized spacial score (nSPS) is 10.9. The van der Waals surface area contributed by atoms with E-state index in [-0.39, 0.29) is 0 Å². The molecule has 0 saturated carbocycles. The Morgan fingerprint density at radius 1 is 0.714 bits per heavy atom. The Kier molecular flexibility index (Phi) is 3.79. The predicted octanol–water partition coefficient (Wildman–Crippen LogP) is 4.50. The molecule has 2 nitrogen and oxygen atoms in total. The van der Waals surface area contributed by atoms with E-state index >= 15 is 0 Å². The van der Waals surface area contributed by atoms with Crippen LogP contribution in [-0.2, 0) is 0 Å². The van der Waals surface area contributed by atoms with Crippen LogP contribution in [0.2, 0.25) is 0 Å². The van der Waals surface area contributed by atoms with E-state index in [2.05, 4.69) is 35.3 Å². The molecule has 1 heterocycles. The fourth-order valence-corrected chi connectivity index (χ4v) is 2.12. The van der Waals surface area contributed by atoms with Gasteiger partial charge in [0.25, 0.3) is 0 Å². The summed E-state index contributed by atoms with van der Waals surface area (Å²) in [5.74, 6) is 0. The molecule has 3 rings (SSSR count). The second-order valence-corrected chi connectivity index (χ2v) is 4.83. The summed E-state index contributed by atoms with van der Waals surface area (Å²) in [6, 6.07) is 22.2. The number of aromatic nitrogens is 1. The molecule has 2 N–H and O–H groups in total. The maximum Gasteiger partial charge on any atom is 0.0629 e. The van der Waals surface area contributed by atoms with Crippen LogP contribution in [0.15, 0.2) is 72.9 Å². The predicted molar refractivity (Wildman–Crippen MR) is 89.5 cm³/mol. The van der Waals surface area contributed by atoms with E-state index in [1.165, 1.54) is 11.1 Å². The number of anilines is 1. The van der Waals surface area contributed by atoms with Crippen molar-refractivity contribution in [3.05, 3.63) is 84.2 Å². The Morgan fingerprint density at radius 3 is 2.00 bits per heavy atom. The highest BCUT2D eigenvalue weighted by Crippen LogP contribution is 2.21. The van der Waals surface area contributed by atoms with Crippen LogP contribution in [0.3, 0.4) is 0 Å². The Morgan fingerprint density at radius 2 is 1.38 bits per heavy atom. The van der Waals surface area contributed by atoms with Crippen LogP contribution in [-0.4, -0.2) is 4.98 Å².